The van der Waals surface area contributed by atoms with E-state index in [1.165, 1.54) is 51.9 Å². The molecule has 82 valence electrons. The number of hydrogen-bond donors (Lipinski definition) is 0. The van der Waals surface area contributed by atoms with Gasteiger partial charge in [0.25, 0.3) is 0 Å². The van der Waals surface area contributed by atoms with Gasteiger partial charge in [-0.05, 0) is 45.2 Å². The molecule has 1 aliphatic carbocycles. The molecule has 1 saturated heterocycles. The minimum absolute atomic E-state index is 1.03. The van der Waals surface area contributed by atoms with Gasteiger partial charge in [-0.3, -0.25) is 0 Å². The highest BCUT2D eigenvalue weighted by Gasteiger charge is 2.29. The van der Waals surface area contributed by atoms with Crippen molar-refractivity contribution in [3.63, 3.8) is 0 Å². The monoisotopic (exact) mass is 196 g/mol. The maximum atomic E-state index is 2.69. The Morgan fingerprint density at radius 1 is 1.14 bits per heavy atom. The van der Waals surface area contributed by atoms with Gasteiger partial charge in [0.15, 0.2) is 0 Å². The lowest BCUT2D eigenvalue weighted by atomic mass is 9.78. The predicted octanol–water partition coefficient (Wildman–Crippen LogP) is 1.67. The molecular weight excluding hydrogens is 172 g/mol. The standard InChI is InChI=1S/C12H24N2/c1-13(2)6-7-14-9-11-4-3-5-12(8-11)10-14/h11-12H,3-10H2,1-2H3. The maximum absolute atomic E-state index is 2.69. The quantitative estimate of drug-likeness (QED) is 0.677. The molecule has 1 heterocycles. The van der Waals surface area contributed by atoms with Crippen LogP contribution >= 0.6 is 0 Å². The molecule has 1 aliphatic heterocycles. The highest BCUT2D eigenvalue weighted by molar-refractivity contribution is 4.83. The molecule has 1 saturated carbocycles. The molecule has 2 aliphatic rings. The van der Waals surface area contributed by atoms with Crippen LogP contribution in [0.25, 0.3) is 0 Å². The van der Waals surface area contributed by atoms with Crippen LogP contribution in [0.5, 0.6) is 0 Å². The minimum atomic E-state index is 1.03. The minimum Gasteiger partial charge on any atom is -0.308 e. The van der Waals surface area contributed by atoms with E-state index in [4.69, 9.17) is 0 Å². The molecular formula is C12H24N2. The third-order valence-electron chi connectivity index (χ3n) is 3.79. The van der Waals surface area contributed by atoms with E-state index in [-0.39, 0.29) is 0 Å². The van der Waals surface area contributed by atoms with E-state index in [9.17, 15) is 0 Å². The average Bonchev–Trinajstić information content (AvgIpc) is 2.14. The fourth-order valence-corrected chi connectivity index (χ4v) is 3.06. The molecule has 2 nitrogen and oxygen atoms in total. The summed E-state index contributed by atoms with van der Waals surface area (Å²) in [6, 6.07) is 0. The molecule has 0 spiro atoms. The van der Waals surface area contributed by atoms with E-state index >= 15 is 0 Å². The van der Waals surface area contributed by atoms with Gasteiger partial charge in [0.1, 0.15) is 0 Å². The number of likely N-dealkylation sites (N-methyl/N-ethyl adjacent to an activating group) is 1. The number of fused-ring (bicyclic) bond motifs is 2. The average molecular weight is 196 g/mol. The lowest BCUT2D eigenvalue weighted by Crippen LogP contribution is -2.44. The Morgan fingerprint density at radius 3 is 2.36 bits per heavy atom. The van der Waals surface area contributed by atoms with E-state index in [0.717, 1.165) is 11.8 Å². The maximum Gasteiger partial charge on any atom is 0.0109 e. The summed E-state index contributed by atoms with van der Waals surface area (Å²) < 4.78 is 0. The van der Waals surface area contributed by atoms with Gasteiger partial charge in [-0.2, -0.15) is 0 Å². The number of hydrogen-bond acceptors (Lipinski definition) is 2. The Kier molecular flexibility index (Phi) is 3.45. The molecule has 2 heteroatoms. The van der Waals surface area contributed by atoms with Crippen LogP contribution in [0.4, 0.5) is 0 Å². The van der Waals surface area contributed by atoms with Crippen molar-refractivity contribution >= 4 is 0 Å². The molecule has 0 aromatic heterocycles. The largest absolute Gasteiger partial charge is 0.308 e. The van der Waals surface area contributed by atoms with Crippen molar-refractivity contribution in [2.24, 2.45) is 11.8 Å². The van der Waals surface area contributed by atoms with Crippen molar-refractivity contribution in [1.82, 2.24) is 9.80 Å². The molecule has 0 aromatic carbocycles. The van der Waals surface area contributed by atoms with Crippen molar-refractivity contribution in [3.05, 3.63) is 0 Å². The van der Waals surface area contributed by atoms with Crippen molar-refractivity contribution in [2.75, 3.05) is 40.3 Å². The van der Waals surface area contributed by atoms with E-state index in [2.05, 4.69) is 23.9 Å². The Balaban J connectivity index is 1.77. The lowest BCUT2D eigenvalue weighted by molar-refractivity contribution is 0.0811. The Hall–Kier alpha value is -0.0800. The van der Waals surface area contributed by atoms with E-state index < -0.39 is 0 Å². The van der Waals surface area contributed by atoms with Gasteiger partial charge in [0.2, 0.25) is 0 Å². The molecule has 2 atom stereocenters. The third kappa shape index (κ3) is 2.71. The Bertz CT molecular complexity index is 167. The fourth-order valence-electron chi connectivity index (χ4n) is 3.06. The van der Waals surface area contributed by atoms with Crippen molar-refractivity contribution in [2.45, 2.75) is 25.7 Å². The molecule has 0 N–H and O–H groups in total. The second-order valence-electron chi connectivity index (χ2n) is 5.46. The van der Waals surface area contributed by atoms with Gasteiger partial charge in [0, 0.05) is 26.2 Å². The van der Waals surface area contributed by atoms with Crippen LogP contribution in [0.3, 0.4) is 0 Å². The summed E-state index contributed by atoms with van der Waals surface area (Å²) in [6.07, 6.45) is 6.01. The first-order valence-corrected chi connectivity index (χ1v) is 6.11. The highest BCUT2D eigenvalue weighted by Crippen LogP contribution is 2.33. The third-order valence-corrected chi connectivity index (χ3v) is 3.79. The smallest absolute Gasteiger partial charge is 0.0109 e. The number of nitrogens with zero attached hydrogens (tertiary/aromatic N) is 2. The molecule has 2 bridgehead atoms. The van der Waals surface area contributed by atoms with Crippen LogP contribution in [-0.2, 0) is 0 Å². The first-order chi connectivity index (χ1) is 6.74. The van der Waals surface area contributed by atoms with Crippen LogP contribution in [0.2, 0.25) is 0 Å². The van der Waals surface area contributed by atoms with Crippen LogP contribution in [0.15, 0.2) is 0 Å². The summed E-state index contributed by atoms with van der Waals surface area (Å²) in [7, 11) is 4.34. The SMILES string of the molecule is CN(C)CCN1CC2CCCC(C2)C1. The summed E-state index contributed by atoms with van der Waals surface area (Å²) in [5, 5.41) is 0. The number of piperidine rings is 1. The van der Waals surface area contributed by atoms with Crippen molar-refractivity contribution in [1.29, 1.82) is 0 Å². The summed E-state index contributed by atoms with van der Waals surface area (Å²) >= 11 is 0. The molecule has 2 rings (SSSR count). The summed E-state index contributed by atoms with van der Waals surface area (Å²) in [6.45, 7) is 5.26. The van der Waals surface area contributed by atoms with E-state index in [0.29, 0.717) is 0 Å². The van der Waals surface area contributed by atoms with Gasteiger partial charge < -0.3 is 9.80 Å². The van der Waals surface area contributed by atoms with Crippen molar-refractivity contribution < 1.29 is 0 Å². The molecule has 0 aromatic rings. The summed E-state index contributed by atoms with van der Waals surface area (Å²) in [5.74, 6) is 2.06. The van der Waals surface area contributed by atoms with Gasteiger partial charge >= 0.3 is 0 Å². The summed E-state index contributed by atoms with van der Waals surface area (Å²) in [4.78, 5) is 4.99. The van der Waals surface area contributed by atoms with Crippen LogP contribution < -0.4 is 0 Å². The van der Waals surface area contributed by atoms with Gasteiger partial charge in [-0.15, -0.1) is 0 Å². The zero-order valence-electron chi connectivity index (χ0n) is 9.71. The van der Waals surface area contributed by atoms with Gasteiger partial charge in [-0.1, -0.05) is 6.42 Å². The van der Waals surface area contributed by atoms with Crippen LogP contribution in [-0.4, -0.2) is 50.1 Å². The van der Waals surface area contributed by atoms with Gasteiger partial charge in [0.05, 0.1) is 0 Å². The zero-order chi connectivity index (χ0) is 9.97. The van der Waals surface area contributed by atoms with Crippen LogP contribution in [0.1, 0.15) is 25.7 Å². The first-order valence-electron chi connectivity index (χ1n) is 6.11. The second kappa shape index (κ2) is 4.63. The summed E-state index contributed by atoms with van der Waals surface area (Å²) in [5.41, 5.74) is 0. The van der Waals surface area contributed by atoms with Gasteiger partial charge in [-0.25, -0.2) is 0 Å². The van der Waals surface area contributed by atoms with Crippen molar-refractivity contribution in [3.8, 4) is 0 Å². The molecule has 2 unspecified atom stereocenters. The first kappa shape index (κ1) is 10.4. The molecule has 0 radical (unpaired) electrons. The Morgan fingerprint density at radius 2 is 1.79 bits per heavy atom. The van der Waals surface area contributed by atoms with E-state index in [1.54, 1.807) is 0 Å². The van der Waals surface area contributed by atoms with E-state index in [1.807, 2.05) is 0 Å². The molecule has 2 fully saturated rings. The lowest BCUT2D eigenvalue weighted by Gasteiger charge is -2.41. The normalized spacial score (nSPS) is 33.6. The number of likely N-dealkylation sites (tertiary alicyclic amines) is 1. The zero-order valence-corrected chi connectivity index (χ0v) is 9.71. The molecule has 0 amide bonds. The molecule has 14 heavy (non-hydrogen) atoms. The fraction of sp³-hybridized carbons (Fsp3) is 1.00. The predicted molar refractivity (Wildman–Crippen MR) is 60.4 cm³/mol. The second-order valence-corrected chi connectivity index (χ2v) is 5.46. The van der Waals surface area contributed by atoms with Crippen LogP contribution in [0, 0.1) is 11.8 Å². The Labute approximate surface area is 88.3 Å². The number of rotatable bonds is 3. The highest BCUT2D eigenvalue weighted by atomic mass is 15.2. The topological polar surface area (TPSA) is 6.48 Å².